The highest BCUT2D eigenvalue weighted by molar-refractivity contribution is 7.99. The summed E-state index contributed by atoms with van der Waals surface area (Å²) < 4.78 is 38.2. The van der Waals surface area contributed by atoms with E-state index in [1.54, 1.807) is 12.1 Å². The van der Waals surface area contributed by atoms with Crippen molar-refractivity contribution in [2.75, 3.05) is 5.73 Å². The van der Waals surface area contributed by atoms with Crippen molar-refractivity contribution in [3.63, 3.8) is 0 Å². The molecule has 0 aliphatic heterocycles. The number of nitrogens with zero attached hydrogens (tertiary/aromatic N) is 2. The SMILES string of the molecule is Nc1cccnc1Sc1ncccc1C(F)(F)F. The summed E-state index contributed by atoms with van der Waals surface area (Å²) in [6, 6.07) is 5.41. The van der Waals surface area contributed by atoms with Crippen LogP contribution in [0.4, 0.5) is 18.9 Å². The summed E-state index contributed by atoms with van der Waals surface area (Å²) >= 11 is 0.800. The Hall–Kier alpha value is -1.76. The summed E-state index contributed by atoms with van der Waals surface area (Å²) in [5.41, 5.74) is 5.16. The van der Waals surface area contributed by atoms with Gasteiger partial charge in [-0.1, -0.05) is 0 Å². The zero-order valence-electron chi connectivity index (χ0n) is 8.98. The van der Waals surface area contributed by atoms with E-state index >= 15 is 0 Å². The largest absolute Gasteiger partial charge is 0.419 e. The molecule has 0 radical (unpaired) electrons. The van der Waals surface area contributed by atoms with Gasteiger partial charge in [-0.25, -0.2) is 9.97 Å². The second kappa shape index (κ2) is 4.85. The molecule has 3 nitrogen and oxygen atoms in total. The minimum absolute atomic E-state index is 0.157. The first-order chi connectivity index (χ1) is 8.48. The van der Waals surface area contributed by atoms with Crippen LogP contribution in [0.5, 0.6) is 0 Å². The number of rotatable bonds is 2. The molecule has 2 rings (SSSR count). The van der Waals surface area contributed by atoms with Crippen LogP contribution in [-0.4, -0.2) is 9.97 Å². The number of pyridine rings is 2. The summed E-state index contributed by atoms with van der Waals surface area (Å²) in [6.45, 7) is 0. The van der Waals surface area contributed by atoms with Crippen LogP contribution in [-0.2, 0) is 6.18 Å². The number of hydrogen-bond acceptors (Lipinski definition) is 4. The fourth-order valence-corrected chi connectivity index (χ4v) is 2.16. The molecule has 18 heavy (non-hydrogen) atoms. The Morgan fingerprint density at radius 3 is 2.22 bits per heavy atom. The lowest BCUT2D eigenvalue weighted by atomic mass is 10.3. The molecule has 0 aromatic carbocycles. The van der Waals surface area contributed by atoms with Gasteiger partial charge in [0.2, 0.25) is 0 Å². The summed E-state index contributed by atoms with van der Waals surface area (Å²) in [5.74, 6) is 0. The molecule has 0 saturated carbocycles. The number of aromatic nitrogens is 2. The average molecular weight is 271 g/mol. The van der Waals surface area contributed by atoms with Crippen molar-refractivity contribution < 1.29 is 13.2 Å². The first-order valence-electron chi connectivity index (χ1n) is 4.89. The molecule has 0 unspecified atom stereocenters. The van der Waals surface area contributed by atoms with Crippen LogP contribution in [0.3, 0.4) is 0 Å². The third-order valence-corrected chi connectivity index (χ3v) is 3.12. The minimum Gasteiger partial charge on any atom is -0.397 e. The second-order valence-electron chi connectivity index (χ2n) is 3.35. The molecule has 2 aromatic rings. The predicted octanol–water partition coefficient (Wildman–Crippen LogP) is 3.23. The minimum atomic E-state index is -4.44. The van der Waals surface area contributed by atoms with Crippen molar-refractivity contribution in [2.24, 2.45) is 0 Å². The van der Waals surface area contributed by atoms with Crippen LogP contribution in [0.1, 0.15) is 5.56 Å². The highest BCUT2D eigenvalue weighted by Gasteiger charge is 2.34. The zero-order valence-corrected chi connectivity index (χ0v) is 9.79. The molecule has 0 aliphatic carbocycles. The average Bonchev–Trinajstić information content (AvgIpc) is 2.31. The van der Waals surface area contributed by atoms with Crippen LogP contribution < -0.4 is 5.73 Å². The first-order valence-corrected chi connectivity index (χ1v) is 5.70. The number of halogens is 3. The van der Waals surface area contributed by atoms with Gasteiger partial charge in [-0.15, -0.1) is 0 Å². The molecule has 2 heterocycles. The predicted molar refractivity (Wildman–Crippen MR) is 62.0 cm³/mol. The van der Waals surface area contributed by atoms with Gasteiger partial charge < -0.3 is 5.73 Å². The Morgan fingerprint density at radius 2 is 1.61 bits per heavy atom. The van der Waals surface area contributed by atoms with Crippen LogP contribution in [0, 0.1) is 0 Å². The van der Waals surface area contributed by atoms with E-state index in [9.17, 15) is 13.2 Å². The summed E-state index contributed by atoms with van der Waals surface area (Å²) in [7, 11) is 0. The van der Waals surface area contributed by atoms with Crippen molar-refractivity contribution in [1.29, 1.82) is 0 Å². The quantitative estimate of drug-likeness (QED) is 0.911. The number of anilines is 1. The second-order valence-corrected chi connectivity index (χ2v) is 4.33. The molecular weight excluding hydrogens is 263 g/mol. The van der Waals surface area contributed by atoms with Crippen LogP contribution in [0.2, 0.25) is 0 Å². The molecule has 0 fully saturated rings. The summed E-state index contributed by atoms with van der Waals surface area (Å²) in [4.78, 5) is 7.66. The van der Waals surface area contributed by atoms with Gasteiger partial charge in [-0.2, -0.15) is 13.2 Å². The monoisotopic (exact) mass is 271 g/mol. The molecule has 0 saturated heterocycles. The molecule has 7 heteroatoms. The molecule has 0 bridgehead atoms. The van der Waals surface area contributed by atoms with Gasteiger partial charge in [0.25, 0.3) is 0 Å². The van der Waals surface area contributed by atoms with Crippen LogP contribution >= 0.6 is 11.8 Å². The van der Waals surface area contributed by atoms with Gasteiger partial charge in [0, 0.05) is 12.4 Å². The van der Waals surface area contributed by atoms with Gasteiger partial charge in [-0.05, 0) is 36.0 Å². The zero-order chi connectivity index (χ0) is 13.2. The van der Waals surface area contributed by atoms with E-state index in [4.69, 9.17) is 5.73 Å². The summed E-state index contributed by atoms with van der Waals surface area (Å²) in [5, 5.41) is 0.150. The number of nitrogens with two attached hydrogens (primary N) is 1. The maximum absolute atomic E-state index is 12.7. The van der Waals surface area contributed by atoms with Crippen LogP contribution in [0.25, 0.3) is 0 Å². The molecule has 0 atom stereocenters. The van der Waals surface area contributed by atoms with Gasteiger partial charge in [0.15, 0.2) is 0 Å². The van der Waals surface area contributed by atoms with E-state index in [1.807, 2.05) is 0 Å². The molecule has 2 aromatic heterocycles. The Bertz CT molecular complexity index is 557. The Labute approximate surface area is 105 Å². The standard InChI is InChI=1S/C11H8F3N3S/c12-11(13,14)7-3-1-5-16-9(7)18-10-8(15)4-2-6-17-10/h1-6H,15H2. The third kappa shape index (κ3) is 2.73. The van der Waals surface area contributed by atoms with E-state index in [0.717, 1.165) is 17.8 Å². The lowest BCUT2D eigenvalue weighted by molar-refractivity contribution is -0.140. The fraction of sp³-hybridized carbons (Fsp3) is 0.0909. The van der Waals surface area contributed by atoms with Gasteiger partial charge in [0.1, 0.15) is 10.1 Å². The molecular formula is C11H8F3N3S. The van der Waals surface area contributed by atoms with Crippen molar-refractivity contribution >= 4 is 17.4 Å². The molecule has 0 amide bonds. The number of nitrogen functional groups attached to an aromatic ring is 1. The normalized spacial score (nSPS) is 11.5. The highest BCUT2D eigenvalue weighted by Crippen LogP contribution is 2.38. The summed E-state index contributed by atoms with van der Waals surface area (Å²) in [6.07, 6.45) is -1.67. The first kappa shape index (κ1) is 12.7. The van der Waals surface area contributed by atoms with Crippen molar-refractivity contribution in [1.82, 2.24) is 9.97 Å². The maximum atomic E-state index is 12.7. The lowest BCUT2D eigenvalue weighted by Gasteiger charge is -2.11. The van der Waals surface area contributed by atoms with E-state index in [1.165, 1.54) is 18.5 Å². The topological polar surface area (TPSA) is 51.8 Å². The van der Waals surface area contributed by atoms with Crippen molar-refractivity contribution in [2.45, 2.75) is 16.2 Å². The highest BCUT2D eigenvalue weighted by atomic mass is 32.2. The van der Waals surface area contributed by atoms with Gasteiger partial charge in [-0.3, -0.25) is 0 Å². The van der Waals surface area contributed by atoms with E-state index < -0.39 is 11.7 Å². The molecule has 94 valence electrons. The van der Waals surface area contributed by atoms with Crippen LogP contribution in [0.15, 0.2) is 46.7 Å². The smallest absolute Gasteiger partial charge is 0.397 e. The Morgan fingerprint density at radius 1 is 1.00 bits per heavy atom. The molecule has 0 spiro atoms. The van der Waals surface area contributed by atoms with Gasteiger partial charge >= 0.3 is 6.18 Å². The fourth-order valence-electron chi connectivity index (χ4n) is 1.27. The van der Waals surface area contributed by atoms with E-state index in [2.05, 4.69) is 9.97 Å². The third-order valence-electron chi connectivity index (χ3n) is 2.07. The van der Waals surface area contributed by atoms with Gasteiger partial charge in [0.05, 0.1) is 11.3 Å². The molecule has 2 N–H and O–H groups in total. The lowest BCUT2D eigenvalue weighted by Crippen LogP contribution is -2.07. The number of hydrogen-bond donors (Lipinski definition) is 1. The van der Waals surface area contributed by atoms with E-state index in [-0.39, 0.29) is 5.03 Å². The van der Waals surface area contributed by atoms with Crippen molar-refractivity contribution in [3.8, 4) is 0 Å². The molecule has 0 aliphatic rings. The van der Waals surface area contributed by atoms with E-state index in [0.29, 0.717) is 10.7 Å². The van der Waals surface area contributed by atoms with Crippen molar-refractivity contribution in [3.05, 3.63) is 42.2 Å². The Kier molecular flexibility index (Phi) is 3.42. The Balaban J connectivity index is 2.39. The number of alkyl halides is 3. The maximum Gasteiger partial charge on any atom is 0.419 e.